The largest absolute Gasteiger partial charge is 0.497 e. The molecule has 3 N–H and O–H groups in total. The van der Waals surface area contributed by atoms with Crippen molar-refractivity contribution < 1.29 is 28.6 Å². The van der Waals surface area contributed by atoms with E-state index in [9.17, 15) is 14.7 Å². The minimum absolute atomic E-state index is 0.00660. The second-order valence-electron chi connectivity index (χ2n) is 5.92. The van der Waals surface area contributed by atoms with Gasteiger partial charge < -0.3 is 29.6 Å². The molecule has 3 rings (SSSR count). The van der Waals surface area contributed by atoms with Crippen LogP contribution in [0.15, 0.2) is 52.9 Å². The number of methoxy groups -OCH3 is 2. The molecule has 0 fully saturated rings. The summed E-state index contributed by atoms with van der Waals surface area (Å²) in [5.74, 6) is -0.132. The molecular weight excluding hydrogens is 364 g/mol. The molecule has 2 amide bonds. The van der Waals surface area contributed by atoms with Gasteiger partial charge in [-0.15, -0.1) is 0 Å². The van der Waals surface area contributed by atoms with Crippen molar-refractivity contribution in [1.82, 2.24) is 5.32 Å². The first-order chi connectivity index (χ1) is 13.5. The van der Waals surface area contributed by atoms with Crippen LogP contribution >= 0.6 is 0 Å². The average Bonchev–Trinajstić information content (AvgIpc) is 3.16. The number of carbonyl (C=O) groups excluding carboxylic acids is 2. The normalized spacial score (nSPS) is 11.7. The number of hydrogen-bond acceptors (Lipinski definition) is 6. The van der Waals surface area contributed by atoms with E-state index in [-0.39, 0.29) is 5.76 Å². The van der Waals surface area contributed by atoms with Gasteiger partial charge >= 0.3 is 0 Å². The zero-order valence-corrected chi connectivity index (χ0v) is 15.4. The summed E-state index contributed by atoms with van der Waals surface area (Å²) in [4.78, 5) is 24.9. The average molecular weight is 384 g/mol. The number of rotatable bonds is 7. The van der Waals surface area contributed by atoms with Crippen molar-refractivity contribution in [2.45, 2.75) is 6.04 Å². The summed E-state index contributed by atoms with van der Waals surface area (Å²) >= 11 is 0. The summed E-state index contributed by atoms with van der Waals surface area (Å²) in [6.45, 7) is -0.578. The number of nitrogens with one attached hydrogen (secondary N) is 2. The molecule has 0 bridgehead atoms. The third kappa shape index (κ3) is 4.07. The molecule has 0 saturated heterocycles. The Morgan fingerprint density at radius 2 is 1.89 bits per heavy atom. The van der Waals surface area contributed by atoms with Crippen molar-refractivity contribution in [2.24, 2.45) is 0 Å². The third-order valence-electron chi connectivity index (χ3n) is 4.09. The number of benzene rings is 2. The molecule has 8 nitrogen and oxygen atoms in total. The number of amides is 2. The molecule has 3 aromatic rings. The third-order valence-corrected chi connectivity index (χ3v) is 4.09. The fourth-order valence-electron chi connectivity index (χ4n) is 2.66. The first-order valence-corrected chi connectivity index (χ1v) is 8.49. The number of hydrogen-bond donors (Lipinski definition) is 3. The smallest absolute Gasteiger partial charge is 0.287 e. The van der Waals surface area contributed by atoms with Gasteiger partial charge in [-0.1, -0.05) is 18.2 Å². The molecule has 8 heteroatoms. The molecule has 146 valence electrons. The van der Waals surface area contributed by atoms with Crippen LogP contribution < -0.4 is 20.1 Å². The quantitative estimate of drug-likeness (QED) is 0.576. The number of furan rings is 1. The second kappa shape index (κ2) is 8.45. The Balaban J connectivity index is 1.73. The molecule has 2 aromatic carbocycles. The van der Waals surface area contributed by atoms with Gasteiger partial charge in [-0.3, -0.25) is 9.59 Å². The van der Waals surface area contributed by atoms with E-state index in [0.717, 1.165) is 0 Å². The topological polar surface area (TPSA) is 110 Å². The van der Waals surface area contributed by atoms with Crippen molar-refractivity contribution in [1.29, 1.82) is 0 Å². The Kier molecular flexibility index (Phi) is 5.81. The molecule has 1 atom stereocenters. The number of fused-ring (bicyclic) bond motifs is 1. The Labute approximate surface area is 161 Å². The lowest BCUT2D eigenvalue weighted by Crippen LogP contribution is -2.46. The molecule has 1 heterocycles. The Bertz CT molecular complexity index is 997. The number of anilines is 1. The van der Waals surface area contributed by atoms with Crippen molar-refractivity contribution >= 4 is 28.5 Å². The minimum Gasteiger partial charge on any atom is -0.497 e. The summed E-state index contributed by atoms with van der Waals surface area (Å²) in [5.41, 5.74) is 0.905. The first kappa shape index (κ1) is 19.2. The Morgan fingerprint density at radius 1 is 1.11 bits per heavy atom. The predicted octanol–water partition coefficient (Wildman–Crippen LogP) is 2.18. The van der Waals surface area contributed by atoms with Gasteiger partial charge in [-0.05, 0) is 24.3 Å². The van der Waals surface area contributed by atoms with E-state index in [0.29, 0.717) is 28.2 Å². The van der Waals surface area contributed by atoms with Gasteiger partial charge in [-0.2, -0.15) is 0 Å². The van der Waals surface area contributed by atoms with Gasteiger partial charge in [0, 0.05) is 17.1 Å². The van der Waals surface area contributed by atoms with Gasteiger partial charge in [0.25, 0.3) is 5.91 Å². The van der Waals surface area contributed by atoms with E-state index in [1.807, 2.05) is 0 Å². The molecule has 1 aromatic heterocycles. The lowest BCUT2D eigenvalue weighted by atomic mass is 10.2. The maximum atomic E-state index is 12.5. The number of ether oxygens (including phenoxy) is 2. The van der Waals surface area contributed by atoms with Gasteiger partial charge in [0.2, 0.25) is 5.91 Å². The molecule has 28 heavy (non-hydrogen) atoms. The van der Waals surface area contributed by atoms with Crippen LogP contribution in [0.1, 0.15) is 10.6 Å². The van der Waals surface area contributed by atoms with Crippen LogP contribution in [0.5, 0.6) is 11.5 Å². The van der Waals surface area contributed by atoms with Gasteiger partial charge in [0.1, 0.15) is 11.8 Å². The number of carbonyl (C=O) groups is 2. The van der Waals surface area contributed by atoms with Crippen LogP contribution in [-0.2, 0) is 4.79 Å². The van der Waals surface area contributed by atoms with Crippen molar-refractivity contribution in [3.8, 4) is 11.5 Å². The zero-order valence-electron chi connectivity index (χ0n) is 15.4. The second-order valence-corrected chi connectivity index (χ2v) is 5.92. The van der Waals surface area contributed by atoms with E-state index in [1.54, 1.807) is 48.5 Å². The standard InChI is InChI=1S/C20H20N2O6/c1-26-14-7-4-6-13(10-14)21-19(24)15(11-23)22-20(25)17-9-12-5-3-8-16(27-2)18(12)28-17/h3-10,15,23H,11H2,1-2H3,(H,21,24)(H,22,25). The van der Waals surface area contributed by atoms with Gasteiger partial charge in [0.15, 0.2) is 17.1 Å². The zero-order chi connectivity index (χ0) is 20.1. The molecule has 0 aliphatic rings. The van der Waals surface area contributed by atoms with Crippen LogP contribution in [0.3, 0.4) is 0 Å². The molecule has 0 saturated carbocycles. The monoisotopic (exact) mass is 384 g/mol. The van der Waals surface area contributed by atoms with Crippen LogP contribution in [-0.4, -0.2) is 43.8 Å². The number of aliphatic hydroxyl groups excluding tert-OH is 1. The predicted molar refractivity (Wildman–Crippen MR) is 103 cm³/mol. The molecule has 1 unspecified atom stereocenters. The lowest BCUT2D eigenvalue weighted by molar-refractivity contribution is -0.118. The molecule has 0 aliphatic carbocycles. The molecular formula is C20H20N2O6. The highest BCUT2D eigenvalue weighted by molar-refractivity contribution is 6.02. The summed E-state index contributed by atoms with van der Waals surface area (Å²) in [6.07, 6.45) is 0. The first-order valence-electron chi connectivity index (χ1n) is 8.49. The highest BCUT2D eigenvalue weighted by Crippen LogP contribution is 2.28. The summed E-state index contributed by atoms with van der Waals surface area (Å²) in [6, 6.07) is 12.4. The molecule has 0 radical (unpaired) electrons. The number of para-hydroxylation sites is 1. The van der Waals surface area contributed by atoms with E-state index in [1.165, 1.54) is 14.2 Å². The maximum Gasteiger partial charge on any atom is 0.287 e. The molecule has 0 aliphatic heterocycles. The summed E-state index contributed by atoms with van der Waals surface area (Å²) in [5, 5.41) is 15.3. The number of aliphatic hydroxyl groups is 1. The van der Waals surface area contributed by atoms with E-state index >= 15 is 0 Å². The fraction of sp³-hybridized carbons (Fsp3) is 0.200. The summed E-state index contributed by atoms with van der Waals surface area (Å²) < 4.78 is 15.9. The van der Waals surface area contributed by atoms with Crippen molar-refractivity contribution in [2.75, 3.05) is 26.1 Å². The molecule has 0 spiro atoms. The SMILES string of the molecule is COc1cccc(NC(=O)C(CO)NC(=O)c2cc3cccc(OC)c3o2)c1. The minimum atomic E-state index is -1.16. The van der Waals surface area contributed by atoms with Crippen LogP contribution in [0.25, 0.3) is 11.0 Å². The van der Waals surface area contributed by atoms with Crippen molar-refractivity contribution in [3.63, 3.8) is 0 Å². The van der Waals surface area contributed by atoms with Crippen LogP contribution in [0.4, 0.5) is 5.69 Å². The fourth-order valence-corrected chi connectivity index (χ4v) is 2.66. The highest BCUT2D eigenvalue weighted by Gasteiger charge is 2.23. The van der Waals surface area contributed by atoms with E-state index in [4.69, 9.17) is 13.9 Å². The van der Waals surface area contributed by atoms with Crippen LogP contribution in [0, 0.1) is 0 Å². The Hall–Kier alpha value is -3.52. The summed E-state index contributed by atoms with van der Waals surface area (Å²) in [7, 11) is 3.02. The van der Waals surface area contributed by atoms with Crippen molar-refractivity contribution in [3.05, 3.63) is 54.3 Å². The maximum absolute atomic E-state index is 12.5. The van der Waals surface area contributed by atoms with E-state index in [2.05, 4.69) is 10.6 Å². The van der Waals surface area contributed by atoms with Crippen LogP contribution in [0.2, 0.25) is 0 Å². The van der Waals surface area contributed by atoms with Gasteiger partial charge in [0.05, 0.1) is 20.8 Å². The van der Waals surface area contributed by atoms with E-state index < -0.39 is 24.5 Å². The van der Waals surface area contributed by atoms with Gasteiger partial charge in [-0.25, -0.2) is 0 Å². The highest BCUT2D eigenvalue weighted by atomic mass is 16.5. The Morgan fingerprint density at radius 3 is 2.61 bits per heavy atom. The lowest BCUT2D eigenvalue weighted by Gasteiger charge is -2.15.